The Kier molecular flexibility index (Phi) is 2.13. The van der Waals surface area contributed by atoms with Crippen LogP contribution in [0.25, 0.3) is 0 Å². The van der Waals surface area contributed by atoms with Gasteiger partial charge in [-0.05, 0) is 25.7 Å². The van der Waals surface area contributed by atoms with E-state index >= 15 is 0 Å². The van der Waals surface area contributed by atoms with Gasteiger partial charge in [0.2, 0.25) is 0 Å². The van der Waals surface area contributed by atoms with Crippen LogP contribution in [0.4, 0.5) is 0 Å². The summed E-state index contributed by atoms with van der Waals surface area (Å²) >= 11 is 0. The highest BCUT2D eigenvalue weighted by Gasteiger charge is 2.49. The first-order valence-corrected chi connectivity index (χ1v) is 5.04. The third-order valence-corrected chi connectivity index (χ3v) is 3.32. The van der Waals surface area contributed by atoms with Crippen LogP contribution in [0, 0.1) is 5.92 Å². The Labute approximate surface area is 73.9 Å². The summed E-state index contributed by atoms with van der Waals surface area (Å²) in [7, 11) is 0. The number of hydrogen-bond acceptors (Lipinski definition) is 2. The van der Waals surface area contributed by atoms with Gasteiger partial charge in [0, 0.05) is 0 Å². The Balaban J connectivity index is 1.89. The van der Waals surface area contributed by atoms with Crippen LogP contribution in [0.2, 0.25) is 0 Å². The first-order chi connectivity index (χ1) is 5.72. The van der Waals surface area contributed by atoms with E-state index in [1.54, 1.807) is 0 Å². The molecule has 0 radical (unpaired) electrons. The van der Waals surface area contributed by atoms with Crippen molar-refractivity contribution >= 4 is 0 Å². The quantitative estimate of drug-likeness (QED) is 0.640. The summed E-state index contributed by atoms with van der Waals surface area (Å²) < 4.78 is 5.26. The number of rotatable bonds is 2. The van der Waals surface area contributed by atoms with Crippen LogP contribution in [0.5, 0.6) is 0 Å². The van der Waals surface area contributed by atoms with Crippen LogP contribution >= 0.6 is 0 Å². The molecule has 1 heterocycles. The monoisotopic (exact) mass is 170 g/mol. The van der Waals surface area contributed by atoms with Crippen LogP contribution < -0.4 is 0 Å². The summed E-state index contributed by atoms with van der Waals surface area (Å²) in [5.74, 6) is 0.506. The standard InChI is InChI=1S/C10H18O2/c1-10(7-12-10)9(11)8-5-3-2-4-6-8/h8-9,11H,2-7H2,1H3. The lowest BCUT2D eigenvalue weighted by atomic mass is 9.81. The SMILES string of the molecule is CC1(C(O)C2CCCCC2)CO1. The molecule has 2 nitrogen and oxygen atoms in total. The first kappa shape index (κ1) is 8.52. The van der Waals surface area contributed by atoms with Gasteiger partial charge in [-0.15, -0.1) is 0 Å². The normalized spacial score (nSPS) is 39.5. The van der Waals surface area contributed by atoms with Gasteiger partial charge in [-0.1, -0.05) is 19.3 Å². The third-order valence-electron chi connectivity index (χ3n) is 3.32. The van der Waals surface area contributed by atoms with Crippen molar-refractivity contribution in [2.45, 2.75) is 50.7 Å². The molecule has 0 amide bonds. The Bertz CT molecular complexity index is 157. The molecule has 1 aliphatic heterocycles. The molecule has 0 aromatic heterocycles. The van der Waals surface area contributed by atoms with Crippen molar-refractivity contribution in [1.82, 2.24) is 0 Å². The summed E-state index contributed by atoms with van der Waals surface area (Å²) in [6, 6.07) is 0. The molecule has 1 saturated carbocycles. The van der Waals surface area contributed by atoms with Gasteiger partial charge in [0.05, 0.1) is 12.7 Å². The molecular weight excluding hydrogens is 152 g/mol. The van der Waals surface area contributed by atoms with Crippen LogP contribution in [-0.4, -0.2) is 23.4 Å². The van der Waals surface area contributed by atoms with E-state index in [0.717, 1.165) is 6.61 Å². The zero-order valence-electron chi connectivity index (χ0n) is 7.75. The lowest BCUT2D eigenvalue weighted by molar-refractivity contribution is 0.0201. The van der Waals surface area contributed by atoms with E-state index in [0.29, 0.717) is 5.92 Å². The van der Waals surface area contributed by atoms with Crippen molar-refractivity contribution in [1.29, 1.82) is 0 Å². The minimum Gasteiger partial charge on any atom is -0.390 e. The Morgan fingerprint density at radius 1 is 1.33 bits per heavy atom. The highest BCUT2D eigenvalue weighted by atomic mass is 16.6. The molecule has 0 aromatic carbocycles. The van der Waals surface area contributed by atoms with Gasteiger partial charge in [0.1, 0.15) is 5.60 Å². The highest BCUT2D eigenvalue weighted by molar-refractivity contribution is 4.97. The summed E-state index contributed by atoms with van der Waals surface area (Å²) in [5.41, 5.74) is -0.179. The predicted octanol–water partition coefficient (Wildman–Crippen LogP) is 1.72. The lowest BCUT2D eigenvalue weighted by Crippen LogP contribution is -2.35. The molecule has 12 heavy (non-hydrogen) atoms. The van der Waals surface area contributed by atoms with Gasteiger partial charge in [0.15, 0.2) is 0 Å². The molecule has 2 atom stereocenters. The summed E-state index contributed by atoms with van der Waals surface area (Å²) in [4.78, 5) is 0. The Morgan fingerprint density at radius 2 is 1.92 bits per heavy atom. The van der Waals surface area contributed by atoms with Gasteiger partial charge >= 0.3 is 0 Å². The van der Waals surface area contributed by atoms with E-state index in [1.807, 2.05) is 6.92 Å². The van der Waals surface area contributed by atoms with Gasteiger partial charge in [-0.25, -0.2) is 0 Å². The number of hydrogen-bond donors (Lipinski definition) is 1. The van der Waals surface area contributed by atoms with E-state index in [-0.39, 0.29) is 11.7 Å². The van der Waals surface area contributed by atoms with Crippen molar-refractivity contribution in [3.63, 3.8) is 0 Å². The second kappa shape index (κ2) is 3.00. The Morgan fingerprint density at radius 3 is 2.42 bits per heavy atom. The van der Waals surface area contributed by atoms with E-state index < -0.39 is 0 Å². The average Bonchev–Trinajstić information content (AvgIpc) is 2.85. The fourth-order valence-corrected chi connectivity index (χ4v) is 2.23. The maximum absolute atomic E-state index is 9.95. The van der Waals surface area contributed by atoms with Crippen LogP contribution in [0.15, 0.2) is 0 Å². The van der Waals surface area contributed by atoms with Crippen molar-refractivity contribution in [2.75, 3.05) is 6.61 Å². The predicted molar refractivity (Wildman–Crippen MR) is 46.9 cm³/mol. The van der Waals surface area contributed by atoms with Gasteiger partial charge in [-0.2, -0.15) is 0 Å². The molecule has 2 unspecified atom stereocenters. The zero-order valence-corrected chi connectivity index (χ0v) is 7.75. The van der Waals surface area contributed by atoms with Crippen molar-refractivity contribution in [3.8, 4) is 0 Å². The van der Waals surface area contributed by atoms with Gasteiger partial charge in [0.25, 0.3) is 0 Å². The topological polar surface area (TPSA) is 32.8 Å². The van der Waals surface area contributed by atoms with E-state index in [1.165, 1.54) is 32.1 Å². The molecule has 0 aromatic rings. The maximum Gasteiger partial charge on any atom is 0.115 e. The molecule has 0 bridgehead atoms. The smallest absolute Gasteiger partial charge is 0.115 e. The molecule has 1 saturated heterocycles. The summed E-state index contributed by atoms with van der Waals surface area (Å²) in [6.45, 7) is 2.77. The average molecular weight is 170 g/mol. The van der Waals surface area contributed by atoms with E-state index in [9.17, 15) is 5.11 Å². The molecule has 1 N–H and O–H groups in total. The number of epoxide rings is 1. The number of ether oxygens (including phenoxy) is 1. The summed E-state index contributed by atoms with van der Waals surface area (Å²) in [6.07, 6.45) is 6.11. The van der Waals surface area contributed by atoms with E-state index in [4.69, 9.17) is 4.74 Å². The van der Waals surface area contributed by atoms with Crippen LogP contribution in [-0.2, 0) is 4.74 Å². The molecule has 2 heteroatoms. The molecule has 2 fully saturated rings. The van der Waals surface area contributed by atoms with Gasteiger partial charge in [-0.3, -0.25) is 0 Å². The second-order valence-electron chi connectivity index (χ2n) is 4.44. The first-order valence-electron chi connectivity index (χ1n) is 5.04. The van der Waals surface area contributed by atoms with Crippen molar-refractivity contribution in [3.05, 3.63) is 0 Å². The molecule has 2 rings (SSSR count). The van der Waals surface area contributed by atoms with Crippen LogP contribution in [0.1, 0.15) is 39.0 Å². The minimum absolute atomic E-state index is 0.179. The maximum atomic E-state index is 9.95. The summed E-state index contributed by atoms with van der Waals surface area (Å²) in [5, 5.41) is 9.95. The minimum atomic E-state index is -0.210. The van der Waals surface area contributed by atoms with Crippen LogP contribution in [0.3, 0.4) is 0 Å². The fraction of sp³-hybridized carbons (Fsp3) is 1.00. The largest absolute Gasteiger partial charge is 0.390 e. The Hall–Kier alpha value is -0.0800. The van der Waals surface area contributed by atoms with E-state index in [2.05, 4.69) is 0 Å². The molecule has 2 aliphatic rings. The van der Waals surface area contributed by atoms with Crippen molar-refractivity contribution < 1.29 is 9.84 Å². The number of aliphatic hydroxyl groups is 1. The molecule has 70 valence electrons. The van der Waals surface area contributed by atoms with Crippen molar-refractivity contribution in [2.24, 2.45) is 5.92 Å². The lowest BCUT2D eigenvalue weighted by Gasteiger charge is -2.28. The molecule has 1 aliphatic carbocycles. The molecular formula is C10H18O2. The highest BCUT2D eigenvalue weighted by Crippen LogP contribution is 2.38. The van der Waals surface area contributed by atoms with Gasteiger partial charge < -0.3 is 9.84 Å². The fourth-order valence-electron chi connectivity index (χ4n) is 2.23. The third kappa shape index (κ3) is 1.50. The molecule has 0 spiro atoms. The number of aliphatic hydroxyl groups excluding tert-OH is 1. The second-order valence-corrected chi connectivity index (χ2v) is 4.44. The zero-order chi connectivity index (χ0) is 8.60.